The molecule has 0 fully saturated rings. The van der Waals surface area contributed by atoms with E-state index in [1.807, 2.05) is 0 Å². The second-order valence-electron chi connectivity index (χ2n) is 5.96. The number of rotatable bonds is 10. The lowest BCUT2D eigenvalue weighted by Gasteiger charge is -2.16. The van der Waals surface area contributed by atoms with E-state index >= 15 is 0 Å². The van der Waals surface area contributed by atoms with Crippen LogP contribution in [0.3, 0.4) is 0 Å². The van der Waals surface area contributed by atoms with Gasteiger partial charge >= 0.3 is 17.6 Å². The Labute approximate surface area is 161 Å². The number of carboxylic acid groups (broad SMARTS) is 2. The maximum Gasteiger partial charge on any atom is 0.350 e. The summed E-state index contributed by atoms with van der Waals surface area (Å²) in [6, 6.07) is -2.28. The minimum absolute atomic E-state index is 0.0336. The van der Waals surface area contributed by atoms with Crippen LogP contribution in [0.4, 0.5) is 11.9 Å². The van der Waals surface area contributed by atoms with E-state index in [2.05, 4.69) is 45.5 Å². The Hall–Kier alpha value is -4.23. The number of aliphatic carboxylic acids is 2. The Morgan fingerprint density at radius 2 is 1.48 bits per heavy atom. The fourth-order valence-electron chi connectivity index (χ4n) is 2.47. The molecule has 0 saturated heterocycles. The zero-order valence-electron chi connectivity index (χ0n) is 14.8. The van der Waals surface area contributed by atoms with E-state index in [1.165, 1.54) is 25.0 Å². The average Bonchev–Trinajstić information content (AvgIpc) is 3.34. The van der Waals surface area contributed by atoms with Crippen molar-refractivity contribution < 1.29 is 19.8 Å². The Bertz CT molecular complexity index is 938. The average molecular weight is 403 g/mol. The van der Waals surface area contributed by atoms with Gasteiger partial charge in [0.15, 0.2) is 0 Å². The van der Waals surface area contributed by atoms with Gasteiger partial charge in [0.2, 0.25) is 11.9 Å². The van der Waals surface area contributed by atoms with Gasteiger partial charge < -0.3 is 30.8 Å². The van der Waals surface area contributed by atoms with Crippen LogP contribution in [0.5, 0.6) is 0 Å². The summed E-state index contributed by atoms with van der Waals surface area (Å²) in [4.78, 5) is 57.9. The van der Waals surface area contributed by atoms with Gasteiger partial charge in [-0.1, -0.05) is 0 Å². The smallest absolute Gasteiger partial charge is 0.350 e. The van der Waals surface area contributed by atoms with Crippen LogP contribution < -0.4 is 16.3 Å². The zero-order valence-corrected chi connectivity index (χ0v) is 14.8. The lowest BCUT2D eigenvalue weighted by atomic mass is 10.1. The summed E-state index contributed by atoms with van der Waals surface area (Å²) < 4.78 is 0. The van der Waals surface area contributed by atoms with E-state index in [0.717, 1.165) is 0 Å². The van der Waals surface area contributed by atoms with Crippen LogP contribution in [0.2, 0.25) is 0 Å². The fourth-order valence-corrected chi connectivity index (χ4v) is 2.47. The van der Waals surface area contributed by atoms with Gasteiger partial charge in [-0.2, -0.15) is 9.97 Å². The van der Waals surface area contributed by atoms with Crippen molar-refractivity contribution in [2.24, 2.45) is 0 Å². The van der Waals surface area contributed by atoms with E-state index < -0.39 is 29.7 Å². The van der Waals surface area contributed by atoms with Crippen molar-refractivity contribution in [3.05, 3.63) is 46.9 Å². The van der Waals surface area contributed by atoms with Crippen LogP contribution in [0, 0.1) is 0 Å². The lowest BCUT2D eigenvalue weighted by Crippen LogP contribution is -2.35. The molecule has 0 aliphatic rings. The van der Waals surface area contributed by atoms with E-state index in [9.17, 15) is 24.6 Å². The summed E-state index contributed by atoms with van der Waals surface area (Å²) in [5.41, 5.74) is 0.282. The molecule has 14 nitrogen and oxygen atoms in total. The summed E-state index contributed by atoms with van der Waals surface area (Å²) in [5.74, 6) is -2.82. The number of carboxylic acids is 2. The summed E-state index contributed by atoms with van der Waals surface area (Å²) in [6.45, 7) is 0. The fraction of sp³-hybridized carbons (Fsp3) is 0.267. The Morgan fingerprint density at radius 3 is 1.97 bits per heavy atom. The molecule has 0 spiro atoms. The van der Waals surface area contributed by atoms with Crippen LogP contribution >= 0.6 is 0 Å². The molecule has 3 heterocycles. The molecule has 0 amide bonds. The molecule has 0 aromatic carbocycles. The molecule has 0 aliphatic heterocycles. The van der Waals surface area contributed by atoms with Crippen molar-refractivity contribution >= 4 is 23.8 Å². The van der Waals surface area contributed by atoms with Crippen molar-refractivity contribution in [3.63, 3.8) is 0 Å². The molecule has 3 aromatic heterocycles. The minimum Gasteiger partial charge on any atom is -0.480 e. The van der Waals surface area contributed by atoms with Crippen LogP contribution in [0.15, 0.2) is 29.8 Å². The van der Waals surface area contributed by atoms with Crippen LogP contribution in [0.25, 0.3) is 0 Å². The summed E-state index contributed by atoms with van der Waals surface area (Å²) in [5, 5.41) is 23.9. The molecule has 14 heteroatoms. The second-order valence-corrected chi connectivity index (χ2v) is 5.96. The predicted octanol–water partition coefficient (Wildman–Crippen LogP) is -1.17. The highest BCUT2D eigenvalue weighted by molar-refractivity contribution is 5.77. The van der Waals surface area contributed by atoms with Crippen LogP contribution in [-0.2, 0) is 22.4 Å². The highest BCUT2D eigenvalue weighted by atomic mass is 16.4. The number of aromatic amines is 3. The molecule has 152 valence electrons. The van der Waals surface area contributed by atoms with E-state index in [1.54, 1.807) is 0 Å². The molecular formula is C15H17N9O5. The number of carbonyl (C=O) groups is 2. The molecule has 3 aromatic rings. The van der Waals surface area contributed by atoms with E-state index in [4.69, 9.17) is 0 Å². The quantitative estimate of drug-likeness (QED) is 0.214. The molecule has 2 unspecified atom stereocenters. The number of nitrogens with one attached hydrogen (secondary N) is 5. The first kappa shape index (κ1) is 19.5. The summed E-state index contributed by atoms with van der Waals surface area (Å²) in [6.07, 6.45) is 5.84. The van der Waals surface area contributed by atoms with Crippen molar-refractivity contribution in [2.75, 3.05) is 10.6 Å². The van der Waals surface area contributed by atoms with Crippen LogP contribution in [-0.4, -0.2) is 69.1 Å². The third kappa shape index (κ3) is 5.38. The SMILES string of the molecule is O=C(O)C(Cc1cnc[nH]1)Nc1nc(NC(Cc2cnc[nH]2)C(=O)O)[nH]c(=O)n1. The molecular weight excluding hydrogens is 386 g/mol. The van der Waals surface area contributed by atoms with Crippen molar-refractivity contribution in [2.45, 2.75) is 24.9 Å². The number of H-pyrrole nitrogens is 3. The third-order valence-corrected chi connectivity index (χ3v) is 3.82. The summed E-state index contributed by atoms with van der Waals surface area (Å²) in [7, 11) is 0. The van der Waals surface area contributed by atoms with Crippen molar-refractivity contribution in [1.82, 2.24) is 34.9 Å². The van der Waals surface area contributed by atoms with Crippen LogP contribution in [0.1, 0.15) is 11.4 Å². The number of hydrogen-bond acceptors (Lipinski definition) is 9. The van der Waals surface area contributed by atoms with Gasteiger partial charge in [-0.25, -0.2) is 24.4 Å². The second kappa shape index (κ2) is 8.64. The van der Waals surface area contributed by atoms with Gasteiger partial charge in [0.05, 0.1) is 12.7 Å². The molecule has 0 bridgehead atoms. The first-order valence-electron chi connectivity index (χ1n) is 8.32. The van der Waals surface area contributed by atoms with E-state index in [-0.39, 0.29) is 24.7 Å². The maximum absolute atomic E-state index is 11.8. The maximum atomic E-state index is 11.8. The Morgan fingerprint density at radius 1 is 0.931 bits per heavy atom. The number of hydrogen-bond donors (Lipinski definition) is 7. The van der Waals surface area contributed by atoms with Gasteiger partial charge in [-0.3, -0.25) is 4.98 Å². The van der Waals surface area contributed by atoms with Gasteiger partial charge in [-0.05, 0) is 0 Å². The minimum atomic E-state index is -1.19. The lowest BCUT2D eigenvalue weighted by molar-refractivity contribution is -0.138. The molecule has 29 heavy (non-hydrogen) atoms. The van der Waals surface area contributed by atoms with Gasteiger partial charge in [-0.15, -0.1) is 0 Å². The Kier molecular flexibility index (Phi) is 5.82. The van der Waals surface area contributed by atoms with E-state index in [0.29, 0.717) is 11.4 Å². The zero-order chi connectivity index (χ0) is 20.8. The van der Waals surface area contributed by atoms with Crippen molar-refractivity contribution in [1.29, 1.82) is 0 Å². The number of anilines is 2. The number of imidazole rings is 2. The summed E-state index contributed by atoms with van der Waals surface area (Å²) >= 11 is 0. The topological polar surface area (TPSA) is 215 Å². The number of aromatic nitrogens is 7. The van der Waals surface area contributed by atoms with Gasteiger partial charge in [0, 0.05) is 36.6 Å². The first-order valence-corrected chi connectivity index (χ1v) is 8.32. The highest BCUT2D eigenvalue weighted by Gasteiger charge is 2.22. The molecule has 0 aliphatic carbocycles. The van der Waals surface area contributed by atoms with Gasteiger partial charge in [0.1, 0.15) is 12.1 Å². The standard InChI is InChI=1S/C15H17N9O5/c25-11(26)9(1-7-3-16-5-18-7)20-13-22-14(24-15(29)23-13)21-10(12(27)28)2-8-4-17-6-19-8/h3-6,9-10H,1-2H2,(H,16,18)(H,17,19)(H,25,26)(H,27,28)(H3,20,21,22,23,24,29). The largest absolute Gasteiger partial charge is 0.480 e. The monoisotopic (exact) mass is 403 g/mol. The third-order valence-electron chi connectivity index (χ3n) is 3.82. The first-order chi connectivity index (χ1) is 13.9. The molecule has 0 radical (unpaired) electrons. The normalized spacial score (nSPS) is 12.8. The molecule has 2 atom stereocenters. The Balaban J connectivity index is 1.76. The van der Waals surface area contributed by atoms with Gasteiger partial charge in [0.25, 0.3) is 0 Å². The molecule has 0 saturated carbocycles. The predicted molar refractivity (Wildman–Crippen MR) is 97.3 cm³/mol. The number of nitrogens with zero attached hydrogens (tertiary/aromatic N) is 4. The molecule has 3 rings (SSSR count). The highest BCUT2D eigenvalue weighted by Crippen LogP contribution is 2.09. The van der Waals surface area contributed by atoms with Crippen molar-refractivity contribution in [3.8, 4) is 0 Å². The molecule has 7 N–H and O–H groups in total.